The summed E-state index contributed by atoms with van der Waals surface area (Å²) in [6.45, 7) is 0. The molecule has 0 spiro atoms. The summed E-state index contributed by atoms with van der Waals surface area (Å²) in [6.07, 6.45) is 0. The van der Waals surface area contributed by atoms with E-state index in [-0.39, 0.29) is 40.8 Å². The normalized spacial score (nSPS) is 15.0. The van der Waals surface area contributed by atoms with Crippen LogP contribution >= 0.6 is 0 Å². The van der Waals surface area contributed by atoms with Gasteiger partial charge >= 0.3 is 73.9 Å². The molecule has 0 aliphatic heterocycles. The molecule has 0 amide bonds. The van der Waals surface area contributed by atoms with Crippen molar-refractivity contribution in [3.63, 3.8) is 0 Å². The molecular formula is C6F18N3NdO12S6. The number of sulfonamides is 6. The van der Waals surface area contributed by atoms with Gasteiger partial charge in [0, 0.05) is 0 Å². The van der Waals surface area contributed by atoms with Crippen LogP contribution in [-0.2, 0) is 60.1 Å². The molecule has 0 aromatic heterocycles. The summed E-state index contributed by atoms with van der Waals surface area (Å²) >= 11 is 0. The van der Waals surface area contributed by atoms with E-state index >= 15 is 0 Å². The standard InChI is InChI=1S/3C2F6NO4S2.Nd/c3*3-1(4,5)14(10,11)9-15(12,13)2(6,7)8;/q3*-1;+3. The third-order valence-corrected chi connectivity index (χ3v) is 10.6. The van der Waals surface area contributed by atoms with E-state index in [1.165, 1.54) is 0 Å². The summed E-state index contributed by atoms with van der Waals surface area (Å²) in [5.41, 5.74) is -37.2. The monoisotopic (exact) mass is 982 g/mol. The van der Waals surface area contributed by atoms with Crippen molar-refractivity contribution in [1.29, 1.82) is 0 Å². The molecule has 15 nitrogen and oxygen atoms in total. The molecule has 40 heteroatoms. The largest absolute Gasteiger partial charge is 3.00 e. The molecule has 0 bridgehead atoms. The Bertz CT molecular complexity index is 1370. The Morgan fingerprint density at radius 2 is 0.304 bits per heavy atom. The molecule has 0 rings (SSSR count). The molecule has 46 heavy (non-hydrogen) atoms. The van der Waals surface area contributed by atoms with E-state index < -0.39 is 93.2 Å². The van der Waals surface area contributed by atoms with Crippen LogP contribution in [0.2, 0.25) is 0 Å². The second kappa shape index (κ2) is 15.3. The van der Waals surface area contributed by atoms with Gasteiger partial charge in [-0.1, -0.05) is 0 Å². The first kappa shape index (κ1) is 52.5. The zero-order valence-corrected chi connectivity index (χ0v) is 27.1. The zero-order valence-electron chi connectivity index (χ0n) is 19.0. The minimum absolute atomic E-state index is 0. The van der Waals surface area contributed by atoms with Crippen LogP contribution in [-0.4, -0.2) is 83.6 Å². The Morgan fingerprint density at radius 3 is 0.348 bits per heavy atom. The Labute approximate surface area is 274 Å². The van der Waals surface area contributed by atoms with Gasteiger partial charge in [-0.15, -0.1) is 0 Å². The van der Waals surface area contributed by atoms with Gasteiger partial charge < -0.3 is 12.4 Å². The van der Waals surface area contributed by atoms with Crippen LogP contribution in [0.5, 0.6) is 0 Å². The van der Waals surface area contributed by atoms with E-state index in [1.807, 2.05) is 0 Å². The third kappa shape index (κ3) is 15.5. The minimum Gasteiger partial charge on any atom is -0.421 e. The van der Waals surface area contributed by atoms with E-state index in [0.717, 1.165) is 12.4 Å². The van der Waals surface area contributed by atoms with E-state index in [4.69, 9.17) is 0 Å². The van der Waals surface area contributed by atoms with E-state index in [9.17, 15) is 130 Å². The average Bonchev–Trinajstić information content (AvgIpc) is 2.61. The molecule has 0 saturated heterocycles. The van der Waals surface area contributed by atoms with E-state index in [0.29, 0.717) is 0 Å². The second-order valence-corrected chi connectivity index (χ2v) is 16.0. The van der Waals surface area contributed by atoms with E-state index in [1.54, 1.807) is 0 Å². The molecule has 0 atom stereocenters. The van der Waals surface area contributed by atoms with Gasteiger partial charge in [0.15, 0.2) is 60.1 Å². The summed E-state index contributed by atoms with van der Waals surface area (Å²) in [7, 11) is -40.3. The third-order valence-electron chi connectivity index (χ3n) is 2.34. The maximum atomic E-state index is 11.4. The Hall–Kier alpha value is -0.329. The summed E-state index contributed by atoms with van der Waals surface area (Å²) in [6, 6.07) is 0. The molecule has 0 heterocycles. The van der Waals surface area contributed by atoms with Crippen molar-refractivity contribution < 1.29 is 170 Å². The summed E-state index contributed by atoms with van der Waals surface area (Å²) in [4.78, 5) is 0. The maximum absolute atomic E-state index is 11.4. The Morgan fingerprint density at radius 1 is 0.239 bits per heavy atom. The second-order valence-electron chi connectivity index (χ2n) is 5.75. The smallest absolute Gasteiger partial charge is 0.421 e. The number of nitrogens with zero attached hydrogens (tertiary/aromatic N) is 3. The van der Waals surface area contributed by atoms with Gasteiger partial charge in [0.25, 0.3) is 0 Å². The molecule has 0 aliphatic rings. The number of halogens is 18. The van der Waals surface area contributed by atoms with Crippen LogP contribution in [0.4, 0.5) is 79.0 Å². The quantitative estimate of drug-likeness (QED) is 0.349. The summed E-state index contributed by atoms with van der Waals surface area (Å²) in [5, 5.41) is 0. The van der Waals surface area contributed by atoms with Gasteiger partial charge in [0.1, 0.15) is 0 Å². The molecule has 0 aromatic rings. The van der Waals surface area contributed by atoms with Crippen LogP contribution in [0, 0.1) is 40.8 Å². The predicted octanol–water partition coefficient (Wildman–Crippen LogP) is 3.18. The first-order valence-electron chi connectivity index (χ1n) is 7.72. The van der Waals surface area contributed by atoms with Gasteiger partial charge in [-0.2, -0.15) is 79.0 Å². The van der Waals surface area contributed by atoms with Crippen molar-refractivity contribution in [3.8, 4) is 0 Å². The molecular weight excluding hydrogens is 985 g/mol. The van der Waals surface area contributed by atoms with Crippen LogP contribution in [0.3, 0.4) is 0 Å². The predicted molar refractivity (Wildman–Crippen MR) is 99.9 cm³/mol. The summed E-state index contributed by atoms with van der Waals surface area (Å²) < 4.78 is 328. The fraction of sp³-hybridized carbons (Fsp3) is 1.00. The van der Waals surface area contributed by atoms with Crippen molar-refractivity contribution in [3.05, 3.63) is 12.4 Å². The topological polar surface area (TPSA) is 247 Å². The molecule has 0 aromatic carbocycles. The number of hydrogen-bond donors (Lipinski definition) is 0. The molecule has 0 fully saturated rings. The van der Waals surface area contributed by atoms with Gasteiger partial charge in [0.05, 0.1) is 0 Å². The molecule has 277 valence electrons. The fourth-order valence-electron chi connectivity index (χ4n) is 0.641. The Balaban J connectivity index is -0.000000285. The molecule has 0 aliphatic carbocycles. The number of hydrogen-bond acceptors (Lipinski definition) is 12. The van der Waals surface area contributed by atoms with Crippen molar-refractivity contribution in [1.82, 2.24) is 0 Å². The van der Waals surface area contributed by atoms with Crippen molar-refractivity contribution in [2.45, 2.75) is 33.0 Å². The van der Waals surface area contributed by atoms with Crippen LogP contribution in [0.25, 0.3) is 12.4 Å². The molecule has 0 saturated carbocycles. The zero-order chi connectivity index (χ0) is 38.1. The minimum atomic E-state index is -6.72. The van der Waals surface area contributed by atoms with Crippen molar-refractivity contribution in [2.75, 3.05) is 0 Å². The first-order valence-corrected chi connectivity index (χ1v) is 16.4. The maximum Gasteiger partial charge on any atom is 3.00 e. The fourth-order valence-corrected chi connectivity index (χ4v) is 5.77. The van der Waals surface area contributed by atoms with Crippen molar-refractivity contribution >= 4 is 60.1 Å². The van der Waals surface area contributed by atoms with Gasteiger partial charge in [-0.05, 0) is 0 Å². The molecule has 1 radical (unpaired) electrons. The summed E-state index contributed by atoms with van der Waals surface area (Å²) in [5.74, 6) is 0. The van der Waals surface area contributed by atoms with Crippen LogP contribution in [0.1, 0.15) is 0 Å². The van der Waals surface area contributed by atoms with E-state index in [2.05, 4.69) is 0 Å². The number of alkyl halides is 18. The van der Waals surface area contributed by atoms with Crippen molar-refractivity contribution in [2.24, 2.45) is 0 Å². The molecule has 0 unspecified atom stereocenters. The van der Waals surface area contributed by atoms with Crippen LogP contribution < -0.4 is 0 Å². The first-order chi connectivity index (χ1) is 18.6. The van der Waals surface area contributed by atoms with Gasteiger partial charge in [0.2, 0.25) is 0 Å². The average molecular weight is 985 g/mol. The van der Waals surface area contributed by atoms with Crippen LogP contribution in [0.15, 0.2) is 0 Å². The van der Waals surface area contributed by atoms with Gasteiger partial charge in [-0.25, -0.2) is 50.5 Å². The molecule has 0 N–H and O–H groups in total. The van der Waals surface area contributed by atoms with Gasteiger partial charge in [-0.3, -0.25) is 0 Å². The number of rotatable bonds is 6. The Kier molecular flexibility index (Phi) is 17.4. The SMILES string of the molecule is O=S(=O)([N-]S(=O)(=O)C(F)(F)F)C(F)(F)F.O=S(=O)([N-]S(=O)(=O)C(F)(F)F)C(F)(F)F.O=S(=O)([N-]S(=O)(=O)C(F)(F)F)C(F)(F)F.[Nd+3].